The summed E-state index contributed by atoms with van der Waals surface area (Å²) >= 11 is 0. The summed E-state index contributed by atoms with van der Waals surface area (Å²) in [6, 6.07) is 3.95. The molecular formula is C14H20FNO3. The van der Waals surface area contributed by atoms with E-state index in [0.717, 1.165) is 6.07 Å². The van der Waals surface area contributed by atoms with E-state index in [1.165, 1.54) is 6.07 Å². The smallest absolute Gasteiger partial charge is 0.163 e. The molecule has 5 heteroatoms. The maximum atomic E-state index is 12.9. The van der Waals surface area contributed by atoms with Crippen LogP contribution in [0.15, 0.2) is 18.2 Å². The lowest BCUT2D eigenvalue weighted by molar-refractivity contribution is -0.137. The van der Waals surface area contributed by atoms with E-state index in [1.807, 2.05) is 20.8 Å². The molecule has 0 aromatic heterocycles. The second-order valence-corrected chi connectivity index (χ2v) is 5.28. The first-order valence-corrected chi connectivity index (χ1v) is 6.41. The molecule has 0 radical (unpaired) electrons. The van der Waals surface area contributed by atoms with Crippen LogP contribution in [0.4, 0.5) is 4.39 Å². The minimum atomic E-state index is -0.534. The van der Waals surface area contributed by atoms with Crippen molar-refractivity contribution in [2.45, 2.75) is 38.7 Å². The van der Waals surface area contributed by atoms with Gasteiger partial charge in [-0.3, -0.25) is 0 Å². The number of hydrogen-bond acceptors (Lipinski definition) is 4. The summed E-state index contributed by atoms with van der Waals surface area (Å²) in [7, 11) is 0. The summed E-state index contributed by atoms with van der Waals surface area (Å²) in [6.45, 7) is 6.82. The van der Waals surface area contributed by atoms with Crippen LogP contribution in [-0.2, 0) is 9.47 Å². The second kappa shape index (κ2) is 5.45. The molecule has 19 heavy (non-hydrogen) atoms. The molecule has 2 N–H and O–H groups in total. The van der Waals surface area contributed by atoms with Gasteiger partial charge >= 0.3 is 0 Å². The van der Waals surface area contributed by atoms with Crippen LogP contribution in [0.5, 0.6) is 5.75 Å². The molecule has 1 fully saturated rings. The van der Waals surface area contributed by atoms with Crippen molar-refractivity contribution in [1.29, 1.82) is 0 Å². The quantitative estimate of drug-likeness (QED) is 0.881. The Morgan fingerprint density at radius 2 is 2.26 bits per heavy atom. The Morgan fingerprint density at radius 1 is 1.53 bits per heavy atom. The van der Waals surface area contributed by atoms with Gasteiger partial charge in [0.1, 0.15) is 11.6 Å². The van der Waals surface area contributed by atoms with E-state index in [-0.39, 0.29) is 17.9 Å². The minimum Gasteiger partial charge on any atom is -0.508 e. The number of aromatic hydroxyl groups is 1. The molecule has 2 unspecified atom stereocenters. The van der Waals surface area contributed by atoms with Gasteiger partial charge < -0.3 is 19.9 Å². The summed E-state index contributed by atoms with van der Waals surface area (Å²) < 4.78 is 24.1. The minimum absolute atomic E-state index is 0.0139. The highest BCUT2D eigenvalue weighted by Gasteiger charge is 2.32. The first-order valence-electron chi connectivity index (χ1n) is 6.41. The van der Waals surface area contributed by atoms with Gasteiger partial charge in [-0.2, -0.15) is 0 Å². The van der Waals surface area contributed by atoms with E-state index >= 15 is 0 Å². The third kappa shape index (κ3) is 3.65. The second-order valence-electron chi connectivity index (χ2n) is 5.28. The fraction of sp³-hybridized carbons (Fsp3) is 0.571. The van der Waals surface area contributed by atoms with Gasteiger partial charge in [0, 0.05) is 24.2 Å². The molecule has 0 aliphatic carbocycles. The van der Waals surface area contributed by atoms with Crippen LogP contribution in [0.3, 0.4) is 0 Å². The molecule has 1 heterocycles. The lowest BCUT2D eigenvalue weighted by Gasteiger charge is -2.20. The Hall–Kier alpha value is -1.17. The molecule has 0 bridgehead atoms. The summed E-state index contributed by atoms with van der Waals surface area (Å²) in [4.78, 5) is 0. The highest BCUT2D eigenvalue weighted by molar-refractivity contribution is 5.34. The molecule has 1 aliphatic rings. The monoisotopic (exact) mass is 269 g/mol. The van der Waals surface area contributed by atoms with Gasteiger partial charge in [-0.1, -0.05) is 6.07 Å². The molecule has 1 aliphatic heterocycles. The molecule has 0 saturated carbocycles. The lowest BCUT2D eigenvalue weighted by atomic mass is 10.1. The Bertz CT molecular complexity index is 450. The number of ether oxygens (including phenoxy) is 2. The third-order valence-electron chi connectivity index (χ3n) is 3.18. The first-order chi connectivity index (χ1) is 8.87. The molecule has 106 valence electrons. The maximum absolute atomic E-state index is 12.9. The van der Waals surface area contributed by atoms with E-state index in [2.05, 4.69) is 5.32 Å². The van der Waals surface area contributed by atoms with Crippen LogP contribution in [0.25, 0.3) is 0 Å². The number of nitrogens with one attached hydrogen (secondary N) is 1. The molecule has 4 nitrogen and oxygen atoms in total. The highest BCUT2D eigenvalue weighted by atomic mass is 19.1. The molecular weight excluding hydrogens is 249 g/mol. The van der Waals surface area contributed by atoms with Gasteiger partial charge in [0.25, 0.3) is 0 Å². The van der Waals surface area contributed by atoms with Crippen molar-refractivity contribution in [3.05, 3.63) is 29.6 Å². The zero-order valence-electron chi connectivity index (χ0n) is 11.4. The predicted molar refractivity (Wildman–Crippen MR) is 69.4 cm³/mol. The average Bonchev–Trinajstić information content (AvgIpc) is 2.66. The fourth-order valence-electron chi connectivity index (χ4n) is 2.16. The zero-order chi connectivity index (χ0) is 14.0. The Morgan fingerprint density at radius 3 is 2.84 bits per heavy atom. The first kappa shape index (κ1) is 14.2. The van der Waals surface area contributed by atoms with E-state index in [4.69, 9.17) is 9.47 Å². The number of phenols is 1. The van der Waals surface area contributed by atoms with Crippen LogP contribution in [-0.4, -0.2) is 30.1 Å². The summed E-state index contributed by atoms with van der Waals surface area (Å²) in [6.07, 6.45) is -0.0139. The average molecular weight is 269 g/mol. The van der Waals surface area contributed by atoms with Crippen LogP contribution in [0.1, 0.15) is 32.4 Å². The standard InChI is InChI=1S/C14H20FNO3/c1-9(12-5-4-10(15)6-13(12)17)16-7-11-8-18-14(2,3)19-11/h4-6,9,11,16-17H,7-8H2,1-3H3. The number of halogens is 1. The van der Waals surface area contributed by atoms with E-state index in [0.29, 0.717) is 18.7 Å². The number of hydrogen-bond donors (Lipinski definition) is 2. The number of phenolic OH excluding ortho intramolecular Hbond substituents is 1. The highest BCUT2D eigenvalue weighted by Crippen LogP contribution is 2.26. The number of benzene rings is 1. The predicted octanol–water partition coefficient (Wildman–Crippen LogP) is 2.33. The summed E-state index contributed by atoms with van der Waals surface area (Å²) in [5.41, 5.74) is 0.666. The van der Waals surface area contributed by atoms with Gasteiger partial charge in [-0.05, 0) is 26.8 Å². The van der Waals surface area contributed by atoms with Crippen LogP contribution in [0, 0.1) is 5.82 Å². The van der Waals surface area contributed by atoms with Crippen molar-refractivity contribution in [3.8, 4) is 5.75 Å². The lowest BCUT2D eigenvalue weighted by Crippen LogP contribution is -2.32. The van der Waals surface area contributed by atoms with Crippen molar-refractivity contribution >= 4 is 0 Å². The molecule has 0 amide bonds. The molecule has 2 atom stereocenters. The topological polar surface area (TPSA) is 50.7 Å². The third-order valence-corrected chi connectivity index (χ3v) is 3.18. The van der Waals surface area contributed by atoms with Crippen LogP contribution < -0.4 is 5.32 Å². The largest absolute Gasteiger partial charge is 0.508 e. The van der Waals surface area contributed by atoms with Gasteiger partial charge in [0.2, 0.25) is 0 Å². The number of rotatable bonds is 4. The summed E-state index contributed by atoms with van der Waals surface area (Å²) in [5, 5.41) is 13.0. The van der Waals surface area contributed by atoms with E-state index < -0.39 is 11.6 Å². The van der Waals surface area contributed by atoms with Crippen molar-refractivity contribution in [2.75, 3.05) is 13.2 Å². The van der Waals surface area contributed by atoms with Crippen molar-refractivity contribution in [1.82, 2.24) is 5.32 Å². The van der Waals surface area contributed by atoms with Crippen molar-refractivity contribution in [2.24, 2.45) is 0 Å². The Kier molecular flexibility index (Phi) is 4.08. The Balaban J connectivity index is 1.89. The maximum Gasteiger partial charge on any atom is 0.163 e. The SMILES string of the molecule is CC(NCC1COC(C)(C)O1)c1ccc(F)cc1O. The van der Waals surface area contributed by atoms with Gasteiger partial charge in [0.05, 0.1) is 12.7 Å². The molecule has 1 saturated heterocycles. The fourth-order valence-corrected chi connectivity index (χ4v) is 2.16. The van der Waals surface area contributed by atoms with Crippen LogP contribution >= 0.6 is 0 Å². The normalized spacial score (nSPS) is 23.5. The molecule has 2 rings (SSSR count). The molecule has 1 aromatic rings. The van der Waals surface area contributed by atoms with Gasteiger partial charge in [-0.25, -0.2) is 4.39 Å². The van der Waals surface area contributed by atoms with Crippen molar-refractivity contribution in [3.63, 3.8) is 0 Å². The summed E-state index contributed by atoms with van der Waals surface area (Å²) in [5.74, 6) is -1.01. The zero-order valence-corrected chi connectivity index (χ0v) is 11.4. The molecule has 0 spiro atoms. The Labute approximate surface area is 112 Å². The van der Waals surface area contributed by atoms with Gasteiger partial charge in [0.15, 0.2) is 5.79 Å². The van der Waals surface area contributed by atoms with Crippen molar-refractivity contribution < 1.29 is 19.0 Å². The van der Waals surface area contributed by atoms with Crippen LogP contribution in [0.2, 0.25) is 0 Å². The van der Waals surface area contributed by atoms with Gasteiger partial charge in [-0.15, -0.1) is 0 Å². The van der Waals surface area contributed by atoms with E-state index in [9.17, 15) is 9.50 Å². The molecule has 1 aromatic carbocycles. The van der Waals surface area contributed by atoms with E-state index in [1.54, 1.807) is 6.07 Å².